The van der Waals surface area contributed by atoms with Crippen LogP contribution in [0, 0.1) is 6.42 Å². The van der Waals surface area contributed by atoms with E-state index in [9.17, 15) is 4.79 Å². The van der Waals surface area contributed by atoms with Crippen LogP contribution < -0.4 is 10.5 Å². The Bertz CT molecular complexity index is 596. The van der Waals surface area contributed by atoms with Crippen molar-refractivity contribution in [2.24, 2.45) is 5.73 Å². The van der Waals surface area contributed by atoms with Crippen LogP contribution in [0.25, 0.3) is 0 Å². The van der Waals surface area contributed by atoms with Crippen LogP contribution in [0.4, 0.5) is 0 Å². The maximum atomic E-state index is 11.5. The monoisotopic (exact) mass is 284 g/mol. The number of hydrogen-bond donors (Lipinski definition) is 2. The number of ether oxygens (including phenoxy) is 1. The lowest BCUT2D eigenvalue weighted by atomic mass is 10.0. The van der Waals surface area contributed by atoms with Crippen molar-refractivity contribution < 1.29 is 14.6 Å². The molecule has 0 bridgehead atoms. The SMILES string of the molecule is NC(=O)c1cc(OCc2ccccc2)ccc1C[CH]CO. The second-order valence-corrected chi connectivity index (χ2v) is 4.63. The van der Waals surface area contributed by atoms with Gasteiger partial charge in [-0.1, -0.05) is 36.4 Å². The lowest BCUT2D eigenvalue weighted by Gasteiger charge is -2.10. The molecule has 0 spiro atoms. The van der Waals surface area contributed by atoms with Crippen LogP contribution in [0.15, 0.2) is 48.5 Å². The molecule has 1 amide bonds. The van der Waals surface area contributed by atoms with Crippen molar-refractivity contribution in [2.75, 3.05) is 6.61 Å². The summed E-state index contributed by atoms with van der Waals surface area (Å²) in [5.74, 6) is 0.0990. The molecule has 0 atom stereocenters. The molecule has 0 aliphatic heterocycles. The summed E-state index contributed by atoms with van der Waals surface area (Å²) in [6.45, 7) is 0.394. The summed E-state index contributed by atoms with van der Waals surface area (Å²) in [7, 11) is 0. The van der Waals surface area contributed by atoms with Gasteiger partial charge in [-0.25, -0.2) is 0 Å². The molecule has 2 aromatic rings. The fraction of sp³-hybridized carbons (Fsp3) is 0.176. The quantitative estimate of drug-likeness (QED) is 0.818. The third-order valence-electron chi connectivity index (χ3n) is 3.09. The molecule has 4 nitrogen and oxygen atoms in total. The van der Waals surface area contributed by atoms with Gasteiger partial charge in [-0.05, 0) is 36.1 Å². The second-order valence-electron chi connectivity index (χ2n) is 4.63. The minimum atomic E-state index is -0.499. The van der Waals surface area contributed by atoms with E-state index in [2.05, 4.69) is 0 Å². The fourth-order valence-corrected chi connectivity index (χ4v) is 2.01. The van der Waals surface area contributed by atoms with Crippen molar-refractivity contribution in [1.29, 1.82) is 0 Å². The summed E-state index contributed by atoms with van der Waals surface area (Å²) in [4.78, 5) is 11.5. The highest BCUT2D eigenvalue weighted by molar-refractivity contribution is 5.94. The van der Waals surface area contributed by atoms with Crippen LogP contribution >= 0.6 is 0 Å². The Morgan fingerprint density at radius 1 is 1.19 bits per heavy atom. The maximum absolute atomic E-state index is 11.5. The summed E-state index contributed by atoms with van der Waals surface area (Å²) >= 11 is 0. The number of nitrogens with two attached hydrogens (primary N) is 1. The summed E-state index contributed by atoms with van der Waals surface area (Å²) in [5, 5.41) is 8.83. The highest BCUT2D eigenvalue weighted by atomic mass is 16.5. The molecule has 0 aliphatic carbocycles. The van der Waals surface area contributed by atoms with Gasteiger partial charge in [-0.3, -0.25) is 4.79 Å². The Morgan fingerprint density at radius 2 is 1.95 bits per heavy atom. The molecule has 109 valence electrons. The molecule has 0 aromatic heterocycles. The standard InChI is InChI=1S/C17H18NO3/c18-17(20)16-11-15(9-8-14(16)7-4-10-19)21-12-13-5-2-1-3-6-13/h1-6,8-9,11,19H,7,10,12H2,(H2,18,20). The minimum absolute atomic E-state index is 0.0372. The average molecular weight is 284 g/mol. The second kappa shape index (κ2) is 7.45. The Kier molecular flexibility index (Phi) is 5.35. The van der Waals surface area contributed by atoms with Crippen LogP contribution in [0.5, 0.6) is 5.75 Å². The van der Waals surface area contributed by atoms with Gasteiger partial charge in [0.1, 0.15) is 12.4 Å². The number of primary amides is 1. The van der Waals surface area contributed by atoms with E-state index in [0.717, 1.165) is 11.1 Å². The van der Waals surface area contributed by atoms with E-state index in [1.165, 1.54) is 0 Å². The highest BCUT2D eigenvalue weighted by Gasteiger charge is 2.10. The van der Waals surface area contributed by atoms with E-state index < -0.39 is 5.91 Å². The number of aliphatic hydroxyl groups excluding tert-OH is 1. The van der Waals surface area contributed by atoms with E-state index in [-0.39, 0.29) is 6.61 Å². The molecule has 4 heteroatoms. The van der Waals surface area contributed by atoms with Crippen molar-refractivity contribution in [3.63, 3.8) is 0 Å². The first-order chi connectivity index (χ1) is 10.2. The van der Waals surface area contributed by atoms with Crippen molar-refractivity contribution in [3.8, 4) is 5.75 Å². The van der Waals surface area contributed by atoms with Crippen molar-refractivity contribution >= 4 is 5.91 Å². The zero-order valence-corrected chi connectivity index (χ0v) is 11.7. The largest absolute Gasteiger partial charge is 0.489 e. The predicted octanol–water partition coefficient (Wildman–Crippen LogP) is 2.10. The van der Waals surface area contributed by atoms with E-state index in [1.807, 2.05) is 30.3 Å². The molecular weight excluding hydrogens is 266 g/mol. The molecule has 1 radical (unpaired) electrons. The van der Waals surface area contributed by atoms with E-state index >= 15 is 0 Å². The van der Waals surface area contributed by atoms with E-state index in [1.54, 1.807) is 24.6 Å². The zero-order chi connectivity index (χ0) is 15.1. The van der Waals surface area contributed by atoms with Crippen molar-refractivity contribution in [1.82, 2.24) is 0 Å². The van der Waals surface area contributed by atoms with Crippen molar-refractivity contribution in [3.05, 3.63) is 71.6 Å². The lowest BCUT2D eigenvalue weighted by molar-refractivity contribution is 0.0999. The highest BCUT2D eigenvalue weighted by Crippen LogP contribution is 2.20. The average Bonchev–Trinajstić information content (AvgIpc) is 2.52. The first-order valence-electron chi connectivity index (χ1n) is 6.72. The normalized spacial score (nSPS) is 10.3. The number of hydrogen-bond acceptors (Lipinski definition) is 3. The zero-order valence-electron chi connectivity index (χ0n) is 11.7. The molecule has 0 fully saturated rings. The number of benzene rings is 2. The first-order valence-corrected chi connectivity index (χ1v) is 6.72. The molecule has 0 unspecified atom stereocenters. The van der Waals surface area contributed by atoms with Gasteiger partial charge in [-0.2, -0.15) is 0 Å². The molecule has 21 heavy (non-hydrogen) atoms. The number of rotatable bonds is 7. The minimum Gasteiger partial charge on any atom is -0.489 e. The number of amides is 1. The van der Waals surface area contributed by atoms with Gasteiger partial charge in [0, 0.05) is 12.2 Å². The Hall–Kier alpha value is -2.33. The molecular formula is C17H18NO3. The Balaban J connectivity index is 2.10. The third kappa shape index (κ3) is 4.33. The molecule has 3 N–H and O–H groups in total. The van der Waals surface area contributed by atoms with Gasteiger partial charge in [-0.15, -0.1) is 0 Å². The third-order valence-corrected chi connectivity index (χ3v) is 3.09. The molecule has 2 aromatic carbocycles. The molecule has 2 rings (SSSR count). The van der Waals surface area contributed by atoms with Crippen LogP contribution in [-0.2, 0) is 13.0 Å². The van der Waals surface area contributed by atoms with Crippen molar-refractivity contribution in [2.45, 2.75) is 13.0 Å². The van der Waals surface area contributed by atoms with E-state index in [0.29, 0.717) is 24.3 Å². The van der Waals surface area contributed by atoms with Crippen LogP contribution in [-0.4, -0.2) is 17.6 Å². The Labute approximate surface area is 124 Å². The van der Waals surface area contributed by atoms with Gasteiger partial charge in [0.15, 0.2) is 0 Å². The summed E-state index contributed by atoms with van der Waals surface area (Å²) in [6.07, 6.45) is 2.17. The van der Waals surface area contributed by atoms with Crippen LogP contribution in [0.2, 0.25) is 0 Å². The predicted molar refractivity (Wildman–Crippen MR) is 80.8 cm³/mol. The van der Waals surface area contributed by atoms with Gasteiger partial charge in [0.25, 0.3) is 0 Å². The smallest absolute Gasteiger partial charge is 0.249 e. The first kappa shape index (κ1) is 15.1. The topological polar surface area (TPSA) is 72.6 Å². The number of carbonyl (C=O) groups is 1. The number of aliphatic hydroxyl groups is 1. The maximum Gasteiger partial charge on any atom is 0.249 e. The number of carbonyl (C=O) groups excluding carboxylic acids is 1. The van der Waals surface area contributed by atoms with Crippen LogP contribution in [0.3, 0.4) is 0 Å². The Morgan fingerprint density at radius 3 is 2.62 bits per heavy atom. The molecule has 0 heterocycles. The molecule has 0 aliphatic rings. The van der Waals surface area contributed by atoms with Gasteiger partial charge in [0.2, 0.25) is 5.91 Å². The summed E-state index contributed by atoms with van der Waals surface area (Å²) in [5.41, 5.74) is 7.65. The summed E-state index contributed by atoms with van der Waals surface area (Å²) in [6, 6.07) is 15.0. The van der Waals surface area contributed by atoms with Gasteiger partial charge >= 0.3 is 0 Å². The summed E-state index contributed by atoms with van der Waals surface area (Å²) < 4.78 is 5.67. The fourth-order valence-electron chi connectivity index (χ4n) is 2.01. The van der Waals surface area contributed by atoms with Crippen LogP contribution in [0.1, 0.15) is 21.5 Å². The molecule has 0 saturated heterocycles. The van der Waals surface area contributed by atoms with Gasteiger partial charge in [0.05, 0.1) is 0 Å². The van der Waals surface area contributed by atoms with E-state index in [4.69, 9.17) is 15.6 Å². The lowest BCUT2D eigenvalue weighted by Crippen LogP contribution is -2.14. The van der Waals surface area contributed by atoms with Gasteiger partial charge < -0.3 is 15.6 Å². The molecule has 0 saturated carbocycles.